The summed E-state index contributed by atoms with van der Waals surface area (Å²) in [5, 5.41) is 14.4. The van der Waals surface area contributed by atoms with E-state index in [9.17, 15) is 9.90 Å². The van der Waals surface area contributed by atoms with Crippen molar-refractivity contribution in [3.8, 4) is 11.5 Å². The average molecular weight is 414 g/mol. The number of aromatic hydroxyl groups is 1. The van der Waals surface area contributed by atoms with Crippen molar-refractivity contribution < 1.29 is 14.6 Å². The molecule has 0 spiro atoms. The van der Waals surface area contributed by atoms with Gasteiger partial charge in [-0.2, -0.15) is 5.10 Å². The Balaban J connectivity index is 1.90. The highest BCUT2D eigenvalue weighted by Gasteiger charge is 2.12. The Hall–Kier alpha value is -2.93. The third-order valence-electron chi connectivity index (χ3n) is 3.75. The van der Waals surface area contributed by atoms with Crippen LogP contribution in [0.2, 0.25) is 0 Å². The molecule has 0 aliphatic carbocycles. The Morgan fingerprint density at radius 2 is 2.08 bits per heavy atom. The second-order valence-corrected chi connectivity index (χ2v) is 6.51. The zero-order chi connectivity index (χ0) is 18.7. The maximum absolute atomic E-state index is 12.6. The number of rotatable bonds is 4. The van der Waals surface area contributed by atoms with Gasteiger partial charge in [-0.25, -0.2) is 5.43 Å². The van der Waals surface area contributed by atoms with E-state index in [0.717, 1.165) is 10.2 Å². The van der Waals surface area contributed by atoms with Crippen molar-refractivity contribution >= 4 is 39.0 Å². The van der Waals surface area contributed by atoms with Gasteiger partial charge in [0.05, 0.1) is 24.4 Å². The van der Waals surface area contributed by atoms with Crippen molar-refractivity contribution in [3.63, 3.8) is 0 Å². The van der Waals surface area contributed by atoms with Crippen LogP contribution in [-0.4, -0.2) is 29.3 Å². The molecule has 6 nitrogen and oxygen atoms in total. The SMILES string of the molecule is COc1ccc2nc(C)cc(C(=O)NN=Cc3cc(Br)ccc3O)c2c1. The first kappa shape index (κ1) is 17.9. The lowest BCUT2D eigenvalue weighted by Crippen LogP contribution is -2.18. The predicted molar refractivity (Wildman–Crippen MR) is 104 cm³/mol. The molecular formula is C19H16BrN3O3. The summed E-state index contributed by atoms with van der Waals surface area (Å²) in [4.78, 5) is 17.0. The van der Waals surface area contributed by atoms with Crippen LogP contribution in [0.5, 0.6) is 11.5 Å². The molecule has 3 aromatic rings. The zero-order valence-electron chi connectivity index (χ0n) is 14.2. The number of amides is 1. The zero-order valence-corrected chi connectivity index (χ0v) is 15.7. The summed E-state index contributed by atoms with van der Waals surface area (Å²) in [6.07, 6.45) is 1.38. The third kappa shape index (κ3) is 3.83. The maximum Gasteiger partial charge on any atom is 0.272 e. The van der Waals surface area contributed by atoms with Crippen molar-refractivity contribution in [2.75, 3.05) is 7.11 Å². The topological polar surface area (TPSA) is 83.8 Å². The summed E-state index contributed by atoms with van der Waals surface area (Å²) in [5.74, 6) is 0.334. The lowest BCUT2D eigenvalue weighted by atomic mass is 10.1. The van der Waals surface area contributed by atoms with Crippen molar-refractivity contribution in [3.05, 3.63) is 63.8 Å². The number of pyridine rings is 1. The number of hydrogen-bond acceptors (Lipinski definition) is 5. The fourth-order valence-electron chi connectivity index (χ4n) is 2.50. The number of carbonyl (C=O) groups excluding carboxylic acids is 1. The van der Waals surface area contributed by atoms with Crippen LogP contribution in [0.3, 0.4) is 0 Å². The predicted octanol–water partition coefficient (Wildman–Crippen LogP) is 3.78. The number of halogens is 1. The van der Waals surface area contributed by atoms with Crippen LogP contribution >= 0.6 is 15.9 Å². The van der Waals surface area contributed by atoms with Crippen LogP contribution < -0.4 is 10.2 Å². The fraction of sp³-hybridized carbons (Fsp3) is 0.105. The van der Waals surface area contributed by atoms with Gasteiger partial charge in [-0.1, -0.05) is 15.9 Å². The molecule has 0 unspecified atom stereocenters. The van der Waals surface area contributed by atoms with E-state index in [-0.39, 0.29) is 11.7 Å². The number of ether oxygens (including phenoxy) is 1. The van der Waals surface area contributed by atoms with Gasteiger partial charge < -0.3 is 9.84 Å². The van der Waals surface area contributed by atoms with Crippen LogP contribution in [0.25, 0.3) is 10.9 Å². The van der Waals surface area contributed by atoms with Gasteiger partial charge in [-0.3, -0.25) is 9.78 Å². The van der Waals surface area contributed by atoms with Crippen molar-refractivity contribution in [2.24, 2.45) is 5.10 Å². The normalized spacial score (nSPS) is 11.0. The van der Waals surface area contributed by atoms with E-state index >= 15 is 0 Å². The molecule has 0 atom stereocenters. The number of aryl methyl sites for hydroxylation is 1. The number of benzene rings is 2. The molecule has 1 amide bonds. The summed E-state index contributed by atoms with van der Waals surface area (Å²) < 4.78 is 6.03. The second kappa shape index (κ2) is 7.53. The van der Waals surface area contributed by atoms with Crippen molar-refractivity contribution in [1.29, 1.82) is 0 Å². The second-order valence-electron chi connectivity index (χ2n) is 5.60. The molecule has 0 fully saturated rings. The van der Waals surface area contributed by atoms with E-state index in [4.69, 9.17) is 4.74 Å². The van der Waals surface area contributed by atoms with Gasteiger partial charge in [0.1, 0.15) is 11.5 Å². The number of aromatic nitrogens is 1. The number of nitrogens with zero attached hydrogens (tertiary/aromatic N) is 2. The maximum atomic E-state index is 12.6. The Kier molecular flexibility index (Phi) is 5.18. The van der Waals surface area contributed by atoms with Crippen LogP contribution in [-0.2, 0) is 0 Å². The molecule has 0 bridgehead atoms. The summed E-state index contributed by atoms with van der Waals surface area (Å²) >= 11 is 3.32. The van der Waals surface area contributed by atoms with Crippen molar-refractivity contribution in [2.45, 2.75) is 6.92 Å². The number of phenolic OH excluding ortho intramolecular Hbond substituents is 1. The Bertz CT molecular complexity index is 1020. The minimum atomic E-state index is -0.375. The van der Waals surface area contributed by atoms with Crippen molar-refractivity contribution in [1.82, 2.24) is 10.4 Å². The Morgan fingerprint density at radius 1 is 1.27 bits per heavy atom. The van der Waals surface area contributed by atoms with Gasteiger partial charge in [0, 0.05) is 21.1 Å². The largest absolute Gasteiger partial charge is 0.507 e. The molecule has 0 radical (unpaired) electrons. The van der Waals surface area contributed by atoms with Gasteiger partial charge in [-0.15, -0.1) is 0 Å². The average Bonchev–Trinajstić information content (AvgIpc) is 2.63. The van der Waals surface area contributed by atoms with Gasteiger partial charge in [0.2, 0.25) is 0 Å². The molecule has 3 rings (SSSR count). The minimum Gasteiger partial charge on any atom is -0.507 e. The molecule has 0 saturated carbocycles. The highest BCUT2D eigenvalue weighted by molar-refractivity contribution is 9.10. The van der Waals surface area contributed by atoms with Gasteiger partial charge in [-0.05, 0) is 49.4 Å². The van der Waals surface area contributed by atoms with Crippen LogP contribution in [0.15, 0.2) is 52.0 Å². The first-order valence-corrected chi connectivity index (χ1v) is 8.54. The lowest BCUT2D eigenvalue weighted by molar-refractivity contribution is 0.0956. The van der Waals surface area contributed by atoms with Gasteiger partial charge in [0.25, 0.3) is 5.91 Å². The summed E-state index contributed by atoms with van der Waals surface area (Å²) in [5.41, 5.74) is 4.84. The monoisotopic (exact) mass is 413 g/mol. The molecule has 0 aliphatic rings. The standard InChI is InChI=1S/C19H16BrN3O3/c1-11-7-16(15-9-14(26-2)4-5-17(15)22-11)19(25)23-21-10-12-8-13(20)3-6-18(12)24/h3-10,24H,1-2H3,(H,23,25). The van der Waals surface area contributed by atoms with E-state index in [1.54, 1.807) is 49.6 Å². The number of nitrogens with one attached hydrogen (secondary N) is 1. The molecule has 0 saturated heterocycles. The van der Waals surface area contributed by atoms with E-state index in [1.807, 2.05) is 6.92 Å². The fourth-order valence-corrected chi connectivity index (χ4v) is 2.88. The van der Waals surface area contributed by atoms with Gasteiger partial charge >= 0.3 is 0 Å². The Morgan fingerprint density at radius 3 is 2.85 bits per heavy atom. The summed E-state index contributed by atoms with van der Waals surface area (Å²) in [6.45, 7) is 1.82. The molecule has 1 aromatic heterocycles. The van der Waals surface area contributed by atoms with Crippen LogP contribution in [0.1, 0.15) is 21.6 Å². The molecule has 7 heteroatoms. The number of methoxy groups -OCH3 is 1. The van der Waals surface area contributed by atoms with E-state index in [1.165, 1.54) is 6.21 Å². The molecule has 2 aromatic carbocycles. The highest BCUT2D eigenvalue weighted by atomic mass is 79.9. The molecule has 0 aliphatic heterocycles. The van der Waals surface area contributed by atoms with Crippen LogP contribution in [0.4, 0.5) is 0 Å². The van der Waals surface area contributed by atoms with Crippen LogP contribution in [0, 0.1) is 6.92 Å². The minimum absolute atomic E-state index is 0.0705. The molecule has 2 N–H and O–H groups in total. The third-order valence-corrected chi connectivity index (χ3v) is 4.24. The number of fused-ring (bicyclic) bond motifs is 1. The smallest absolute Gasteiger partial charge is 0.272 e. The molecule has 132 valence electrons. The van der Waals surface area contributed by atoms with E-state index < -0.39 is 0 Å². The number of carbonyl (C=O) groups is 1. The summed E-state index contributed by atoms with van der Waals surface area (Å²) in [7, 11) is 1.57. The molecular weight excluding hydrogens is 398 g/mol. The summed E-state index contributed by atoms with van der Waals surface area (Å²) in [6, 6.07) is 12.0. The highest BCUT2D eigenvalue weighted by Crippen LogP contribution is 2.24. The number of hydrogen-bond donors (Lipinski definition) is 2. The van der Waals surface area contributed by atoms with Gasteiger partial charge in [0.15, 0.2) is 0 Å². The lowest BCUT2D eigenvalue weighted by Gasteiger charge is -2.08. The first-order valence-electron chi connectivity index (χ1n) is 7.75. The van der Waals surface area contributed by atoms with E-state index in [0.29, 0.717) is 27.8 Å². The number of hydrazone groups is 1. The quantitative estimate of drug-likeness (QED) is 0.503. The molecule has 26 heavy (non-hydrogen) atoms. The Labute approximate surface area is 158 Å². The number of phenols is 1. The molecule has 1 heterocycles. The van der Waals surface area contributed by atoms with E-state index in [2.05, 4.69) is 31.4 Å². The first-order chi connectivity index (χ1) is 12.5.